The molecule has 1 unspecified atom stereocenters. The number of nitro benzene ring substituents is 1. The predicted octanol–water partition coefficient (Wildman–Crippen LogP) is 3.75. The van der Waals surface area contributed by atoms with E-state index in [2.05, 4.69) is 21.2 Å². The van der Waals surface area contributed by atoms with Crippen molar-refractivity contribution in [1.82, 2.24) is 0 Å². The number of nitrogens with one attached hydrogen (secondary N) is 1. The molecule has 2 amide bonds. The van der Waals surface area contributed by atoms with Gasteiger partial charge < -0.3 is 10.1 Å². The molecule has 2 aromatic carbocycles. The Kier molecular flexibility index (Phi) is 5.64. The van der Waals surface area contributed by atoms with Gasteiger partial charge in [-0.05, 0) is 40.0 Å². The zero-order chi connectivity index (χ0) is 20.4. The minimum atomic E-state index is -0.828. The normalized spacial score (nSPS) is 15.8. The van der Waals surface area contributed by atoms with E-state index in [1.165, 1.54) is 23.1 Å². The number of halogens is 1. The molecule has 1 heterocycles. The highest BCUT2D eigenvalue weighted by molar-refractivity contribution is 9.10. The molecule has 1 aliphatic heterocycles. The summed E-state index contributed by atoms with van der Waals surface area (Å²) in [6.07, 6.45) is -0.828. The van der Waals surface area contributed by atoms with Crippen molar-refractivity contribution < 1.29 is 19.2 Å². The third-order valence-corrected chi connectivity index (χ3v) is 4.96. The minimum absolute atomic E-state index is 0.145. The molecule has 0 aliphatic carbocycles. The molecule has 0 saturated heterocycles. The molecule has 3 rings (SSSR count). The second-order valence-corrected chi connectivity index (χ2v) is 7.50. The van der Waals surface area contributed by atoms with Crippen LogP contribution >= 0.6 is 15.9 Å². The Morgan fingerprint density at radius 1 is 1.32 bits per heavy atom. The SMILES string of the molecule is CC(C)C1Oc2cc([N+](=O)[O-])ccc2N(CC(=O)Nc2ccccc2Br)C1=O. The second-order valence-electron chi connectivity index (χ2n) is 6.64. The first-order valence-electron chi connectivity index (χ1n) is 8.58. The van der Waals surface area contributed by atoms with Crippen LogP contribution in [0.25, 0.3) is 0 Å². The zero-order valence-corrected chi connectivity index (χ0v) is 16.8. The Morgan fingerprint density at radius 3 is 2.68 bits per heavy atom. The van der Waals surface area contributed by atoms with E-state index >= 15 is 0 Å². The molecule has 9 heteroatoms. The molecule has 1 atom stereocenters. The zero-order valence-electron chi connectivity index (χ0n) is 15.2. The van der Waals surface area contributed by atoms with Gasteiger partial charge in [-0.15, -0.1) is 0 Å². The molecular formula is C19H18BrN3O5. The summed E-state index contributed by atoms with van der Waals surface area (Å²) in [5, 5.41) is 13.8. The van der Waals surface area contributed by atoms with Gasteiger partial charge in [-0.2, -0.15) is 0 Å². The number of nitrogens with zero attached hydrogens (tertiary/aromatic N) is 2. The number of carbonyl (C=O) groups is 2. The Balaban J connectivity index is 1.90. The fourth-order valence-corrected chi connectivity index (χ4v) is 3.26. The van der Waals surface area contributed by atoms with E-state index in [0.29, 0.717) is 15.8 Å². The van der Waals surface area contributed by atoms with Crippen molar-refractivity contribution in [3.63, 3.8) is 0 Å². The molecule has 0 aromatic heterocycles. The highest BCUT2D eigenvalue weighted by atomic mass is 79.9. The number of ether oxygens (including phenoxy) is 1. The van der Waals surface area contributed by atoms with Gasteiger partial charge in [0.05, 0.1) is 22.4 Å². The van der Waals surface area contributed by atoms with Gasteiger partial charge in [0, 0.05) is 10.5 Å². The van der Waals surface area contributed by atoms with Crippen LogP contribution in [0.5, 0.6) is 5.75 Å². The maximum Gasteiger partial charge on any atom is 0.273 e. The monoisotopic (exact) mass is 447 g/mol. The lowest BCUT2D eigenvalue weighted by Gasteiger charge is -2.35. The van der Waals surface area contributed by atoms with Gasteiger partial charge in [-0.25, -0.2) is 0 Å². The molecule has 28 heavy (non-hydrogen) atoms. The molecule has 1 N–H and O–H groups in total. The van der Waals surface area contributed by atoms with Crippen molar-refractivity contribution in [2.75, 3.05) is 16.8 Å². The molecule has 2 aromatic rings. The first-order valence-corrected chi connectivity index (χ1v) is 9.38. The molecule has 0 saturated carbocycles. The number of para-hydroxylation sites is 1. The van der Waals surface area contributed by atoms with E-state index in [1.807, 2.05) is 19.9 Å². The van der Waals surface area contributed by atoms with Crippen molar-refractivity contribution in [3.8, 4) is 5.75 Å². The number of rotatable bonds is 5. The number of hydrogen-bond donors (Lipinski definition) is 1. The van der Waals surface area contributed by atoms with E-state index in [-0.39, 0.29) is 29.8 Å². The third kappa shape index (κ3) is 3.99. The van der Waals surface area contributed by atoms with E-state index in [9.17, 15) is 19.7 Å². The van der Waals surface area contributed by atoms with Crippen LogP contribution in [0.1, 0.15) is 13.8 Å². The molecule has 8 nitrogen and oxygen atoms in total. The summed E-state index contributed by atoms with van der Waals surface area (Å²) >= 11 is 3.36. The molecule has 0 fully saturated rings. The number of non-ortho nitro benzene ring substituents is 1. The van der Waals surface area contributed by atoms with Crippen LogP contribution < -0.4 is 15.0 Å². The number of carbonyl (C=O) groups excluding carboxylic acids is 2. The molecule has 0 bridgehead atoms. The average Bonchev–Trinajstić information content (AvgIpc) is 2.65. The van der Waals surface area contributed by atoms with Gasteiger partial charge >= 0.3 is 0 Å². The summed E-state index contributed by atoms with van der Waals surface area (Å²) in [6, 6.07) is 11.1. The van der Waals surface area contributed by atoms with E-state index in [1.54, 1.807) is 18.2 Å². The lowest BCUT2D eigenvalue weighted by molar-refractivity contribution is -0.384. The summed E-state index contributed by atoms with van der Waals surface area (Å²) in [6.45, 7) is 3.38. The maximum atomic E-state index is 12.9. The fourth-order valence-electron chi connectivity index (χ4n) is 2.87. The number of fused-ring (bicyclic) bond motifs is 1. The molecule has 0 radical (unpaired) electrons. The smallest absolute Gasteiger partial charge is 0.273 e. The number of amides is 2. The number of anilines is 2. The van der Waals surface area contributed by atoms with E-state index in [4.69, 9.17) is 4.74 Å². The summed E-state index contributed by atoms with van der Waals surface area (Å²) < 4.78 is 6.43. The number of benzene rings is 2. The highest BCUT2D eigenvalue weighted by Crippen LogP contribution is 2.38. The second kappa shape index (κ2) is 7.97. The first kappa shape index (κ1) is 19.8. The number of hydrogen-bond acceptors (Lipinski definition) is 5. The van der Waals surface area contributed by atoms with Crippen LogP contribution in [0.3, 0.4) is 0 Å². The Hall–Kier alpha value is -2.94. The van der Waals surface area contributed by atoms with Crippen LogP contribution in [-0.4, -0.2) is 29.4 Å². The largest absolute Gasteiger partial charge is 0.478 e. The van der Waals surface area contributed by atoms with Crippen LogP contribution in [0, 0.1) is 16.0 Å². The minimum Gasteiger partial charge on any atom is -0.478 e. The van der Waals surface area contributed by atoms with Crippen molar-refractivity contribution >= 4 is 44.8 Å². The van der Waals surface area contributed by atoms with Crippen molar-refractivity contribution in [2.45, 2.75) is 20.0 Å². The van der Waals surface area contributed by atoms with E-state index in [0.717, 1.165) is 0 Å². The molecular weight excluding hydrogens is 430 g/mol. The summed E-state index contributed by atoms with van der Waals surface area (Å²) in [4.78, 5) is 37.3. The van der Waals surface area contributed by atoms with Crippen molar-refractivity contribution in [3.05, 3.63) is 57.1 Å². The number of nitro groups is 1. The molecule has 0 spiro atoms. The van der Waals surface area contributed by atoms with Gasteiger partial charge in [0.15, 0.2) is 11.9 Å². The predicted molar refractivity (Wildman–Crippen MR) is 107 cm³/mol. The van der Waals surface area contributed by atoms with Gasteiger partial charge in [0.25, 0.3) is 11.6 Å². The average molecular weight is 448 g/mol. The van der Waals surface area contributed by atoms with Crippen molar-refractivity contribution in [1.29, 1.82) is 0 Å². The Morgan fingerprint density at radius 2 is 2.04 bits per heavy atom. The topological polar surface area (TPSA) is 102 Å². The summed E-state index contributed by atoms with van der Waals surface area (Å²) in [5.41, 5.74) is 0.764. The highest BCUT2D eigenvalue weighted by Gasteiger charge is 2.38. The van der Waals surface area contributed by atoms with Gasteiger partial charge in [-0.1, -0.05) is 26.0 Å². The quantitative estimate of drug-likeness (QED) is 0.555. The van der Waals surface area contributed by atoms with Gasteiger partial charge in [0.1, 0.15) is 6.54 Å². The van der Waals surface area contributed by atoms with Gasteiger partial charge in [0.2, 0.25) is 5.91 Å². The first-order chi connectivity index (χ1) is 13.3. The third-order valence-electron chi connectivity index (χ3n) is 4.26. The van der Waals surface area contributed by atoms with Crippen LogP contribution in [-0.2, 0) is 9.59 Å². The lowest BCUT2D eigenvalue weighted by Crippen LogP contribution is -2.50. The Labute approximate surface area is 169 Å². The lowest BCUT2D eigenvalue weighted by atomic mass is 10.0. The molecule has 1 aliphatic rings. The molecule has 146 valence electrons. The van der Waals surface area contributed by atoms with Gasteiger partial charge in [-0.3, -0.25) is 24.6 Å². The van der Waals surface area contributed by atoms with Crippen LogP contribution in [0.15, 0.2) is 46.9 Å². The standard InChI is InChI=1S/C19H18BrN3O5/c1-11(2)18-19(25)22(10-17(24)21-14-6-4-3-5-13(14)20)15-8-7-12(23(26)27)9-16(15)28-18/h3-9,11,18H,10H2,1-2H3,(H,21,24). The maximum absolute atomic E-state index is 12.9. The van der Waals surface area contributed by atoms with E-state index < -0.39 is 16.9 Å². The summed E-state index contributed by atoms with van der Waals surface area (Å²) in [7, 11) is 0. The van der Waals surface area contributed by atoms with Crippen LogP contribution in [0.2, 0.25) is 0 Å². The Bertz CT molecular complexity index is 947. The van der Waals surface area contributed by atoms with Crippen molar-refractivity contribution in [2.24, 2.45) is 5.92 Å². The summed E-state index contributed by atoms with van der Waals surface area (Å²) in [5.74, 6) is -0.720. The fraction of sp³-hybridized carbons (Fsp3) is 0.263. The van der Waals surface area contributed by atoms with Crippen LogP contribution in [0.4, 0.5) is 17.1 Å².